The predicted molar refractivity (Wildman–Crippen MR) is 123 cm³/mol. The topological polar surface area (TPSA) is 102 Å². The van der Waals surface area contributed by atoms with E-state index in [0.29, 0.717) is 49.8 Å². The number of aryl methyl sites for hydroxylation is 1. The summed E-state index contributed by atoms with van der Waals surface area (Å²) in [7, 11) is 5.29. The van der Waals surface area contributed by atoms with Crippen LogP contribution >= 0.6 is 0 Å². The lowest BCUT2D eigenvalue weighted by Crippen LogP contribution is -2.48. The Morgan fingerprint density at radius 1 is 1.22 bits per heavy atom. The van der Waals surface area contributed by atoms with E-state index in [1.54, 1.807) is 11.0 Å². The number of anilines is 3. The smallest absolute Gasteiger partial charge is 0.316 e. The monoisotopic (exact) mass is 435 g/mol. The van der Waals surface area contributed by atoms with Gasteiger partial charge in [-0.2, -0.15) is 5.10 Å². The van der Waals surface area contributed by atoms with Gasteiger partial charge < -0.3 is 20.3 Å². The number of hydrogen-bond donors (Lipinski definition) is 1. The van der Waals surface area contributed by atoms with Crippen LogP contribution in [0.3, 0.4) is 0 Å². The van der Waals surface area contributed by atoms with Crippen molar-refractivity contribution in [2.45, 2.75) is 24.8 Å². The molecule has 0 spiro atoms. The van der Waals surface area contributed by atoms with E-state index in [9.17, 15) is 4.79 Å². The molecule has 1 fully saturated rings. The fraction of sp³-hybridized carbons (Fsp3) is 0.391. The molecule has 0 unspecified atom stereocenters. The SMILES string of the molecule is COC(=O)C1(c2ccccc2)CCN(c2ncnc(N(C)Cc3cnn(C)c3)c2N)CC1. The summed E-state index contributed by atoms with van der Waals surface area (Å²) in [4.78, 5) is 25.8. The third kappa shape index (κ3) is 3.98. The van der Waals surface area contributed by atoms with Gasteiger partial charge in [0.05, 0.1) is 18.7 Å². The molecule has 1 aliphatic heterocycles. The molecule has 2 N–H and O–H groups in total. The van der Waals surface area contributed by atoms with Crippen LogP contribution in [0.4, 0.5) is 17.3 Å². The van der Waals surface area contributed by atoms with Crippen LogP contribution in [0.2, 0.25) is 0 Å². The molecule has 1 saturated heterocycles. The third-order valence-electron chi connectivity index (χ3n) is 6.20. The number of benzene rings is 1. The van der Waals surface area contributed by atoms with Crippen LogP contribution in [0.25, 0.3) is 0 Å². The number of methoxy groups -OCH3 is 1. The van der Waals surface area contributed by atoms with E-state index < -0.39 is 5.41 Å². The molecule has 32 heavy (non-hydrogen) atoms. The number of carbonyl (C=O) groups excluding carboxylic acids is 1. The highest BCUT2D eigenvalue weighted by Gasteiger charge is 2.44. The molecule has 3 heterocycles. The van der Waals surface area contributed by atoms with E-state index in [1.807, 2.05) is 61.7 Å². The number of aromatic nitrogens is 4. The van der Waals surface area contributed by atoms with Crippen LogP contribution in [0.1, 0.15) is 24.0 Å². The van der Waals surface area contributed by atoms with Gasteiger partial charge in [-0.1, -0.05) is 30.3 Å². The van der Waals surface area contributed by atoms with Crippen LogP contribution in [0.15, 0.2) is 49.1 Å². The summed E-state index contributed by atoms with van der Waals surface area (Å²) in [6, 6.07) is 9.86. The number of hydrogen-bond acceptors (Lipinski definition) is 8. The van der Waals surface area contributed by atoms with E-state index in [1.165, 1.54) is 7.11 Å². The molecule has 0 amide bonds. The number of piperidine rings is 1. The maximum atomic E-state index is 12.8. The highest BCUT2D eigenvalue weighted by molar-refractivity contribution is 5.84. The second kappa shape index (κ2) is 8.86. The van der Waals surface area contributed by atoms with Crippen molar-refractivity contribution in [2.24, 2.45) is 7.05 Å². The van der Waals surface area contributed by atoms with Crippen LogP contribution in [-0.4, -0.2) is 53.0 Å². The first-order valence-electron chi connectivity index (χ1n) is 10.6. The summed E-state index contributed by atoms with van der Waals surface area (Å²) < 4.78 is 6.97. The minimum Gasteiger partial charge on any atom is -0.468 e. The minimum atomic E-state index is -0.658. The van der Waals surface area contributed by atoms with Crippen LogP contribution in [0.5, 0.6) is 0 Å². The first kappa shape index (κ1) is 21.6. The minimum absolute atomic E-state index is 0.198. The summed E-state index contributed by atoms with van der Waals surface area (Å²) in [6.45, 7) is 1.90. The van der Waals surface area contributed by atoms with E-state index in [-0.39, 0.29) is 5.97 Å². The maximum absolute atomic E-state index is 12.8. The molecule has 4 rings (SSSR count). The van der Waals surface area contributed by atoms with Crippen molar-refractivity contribution >= 4 is 23.3 Å². The van der Waals surface area contributed by atoms with Crippen molar-refractivity contribution in [3.8, 4) is 0 Å². The van der Waals surface area contributed by atoms with Gasteiger partial charge in [0, 0.05) is 45.5 Å². The van der Waals surface area contributed by atoms with E-state index in [2.05, 4.69) is 20.0 Å². The fourth-order valence-electron chi connectivity index (χ4n) is 4.50. The molecule has 0 saturated carbocycles. The maximum Gasteiger partial charge on any atom is 0.316 e. The highest BCUT2D eigenvalue weighted by Crippen LogP contribution is 2.39. The molecular formula is C23H29N7O2. The molecule has 0 aliphatic carbocycles. The Morgan fingerprint density at radius 2 is 1.94 bits per heavy atom. The molecule has 0 radical (unpaired) electrons. The quantitative estimate of drug-likeness (QED) is 0.588. The van der Waals surface area contributed by atoms with Crippen molar-refractivity contribution < 1.29 is 9.53 Å². The molecule has 0 atom stereocenters. The Morgan fingerprint density at radius 3 is 2.56 bits per heavy atom. The number of nitrogens with two attached hydrogens (primary N) is 1. The van der Waals surface area contributed by atoms with Crippen molar-refractivity contribution in [3.63, 3.8) is 0 Å². The molecule has 9 heteroatoms. The zero-order chi connectivity index (χ0) is 22.7. The largest absolute Gasteiger partial charge is 0.468 e. The van der Waals surface area contributed by atoms with Gasteiger partial charge in [-0.15, -0.1) is 0 Å². The molecule has 1 aromatic carbocycles. The zero-order valence-corrected chi connectivity index (χ0v) is 18.7. The van der Waals surface area contributed by atoms with Gasteiger partial charge in [0.25, 0.3) is 0 Å². The number of nitrogens with zero attached hydrogens (tertiary/aromatic N) is 6. The molecule has 168 valence electrons. The van der Waals surface area contributed by atoms with Crippen molar-refractivity contribution in [1.29, 1.82) is 0 Å². The fourth-order valence-corrected chi connectivity index (χ4v) is 4.50. The second-order valence-electron chi connectivity index (χ2n) is 8.24. The molecule has 2 aromatic heterocycles. The van der Waals surface area contributed by atoms with Gasteiger partial charge in [0.1, 0.15) is 12.0 Å². The van der Waals surface area contributed by atoms with Gasteiger partial charge in [-0.25, -0.2) is 9.97 Å². The van der Waals surface area contributed by atoms with Crippen LogP contribution < -0.4 is 15.5 Å². The lowest BCUT2D eigenvalue weighted by atomic mass is 9.72. The standard InChI is InChI=1S/C23H29N7O2/c1-28(14-17-13-27-29(2)15-17)20-19(24)21(26-16-25-20)30-11-9-23(10-12-30,22(31)32-3)18-7-5-4-6-8-18/h4-8,13,15-16H,9-12,14,24H2,1-3H3. The van der Waals surface area contributed by atoms with E-state index in [4.69, 9.17) is 10.5 Å². The summed E-state index contributed by atoms with van der Waals surface area (Å²) in [5, 5.41) is 4.22. The number of ether oxygens (including phenoxy) is 1. The van der Waals surface area contributed by atoms with Gasteiger partial charge in [-0.3, -0.25) is 9.48 Å². The number of rotatable bonds is 6. The summed E-state index contributed by atoms with van der Waals surface area (Å²) in [5.74, 6) is 1.17. The Labute approximate surface area is 187 Å². The van der Waals surface area contributed by atoms with Gasteiger partial charge >= 0.3 is 5.97 Å². The van der Waals surface area contributed by atoms with Crippen LogP contribution in [-0.2, 0) is 28.5 Å². The Bertz CT molecular complexity index is 1070. The Kier molecular flexibility index (Phi) is 5.98. The van der Waals surface area contributed by atoms with Crippen molar-refractivity contribution in [2.75, 3.05) is 42.8 Å². The summed E-state index contributed by atoms with van der Waals surface area (Å²) in [6.07, 6.45) is 6.58. The van der Waals surface area contributed by atoms with Crippen molar-refractivity contribution in [1.82, 2.24) is 19.7 Å². The van der Waals surface area contributed by atoms with Gasteiger partial charge in [0.2, 0.25) is 0 Å². The average Bonchev–Trinajstić information content (AvgIpc) is 3.23. The summed E-state index contributed by atoms with van der Waals surface area (Å²) >= 11 is 0. The number of nitrogen functional groups attached to an aromatic ring is 1. The average molecular weight is 436 g/mol. The molecule has 9 nitrogen and oxygen atoms in total. The van der Waals surface area contributed by atoms with Gasteiger partial charge in [-0.05, 0) is 18.4 Å². The Hall–Kier alpha value is -3.62. The predicted octanol–water partition coefficient (Wildman–Crippen LogP) is 2.14. The second-order valence-corrected chi connectivity index (χ2v) is 8.24. The van der Waals surface area contributed by atoms with Crippen molar-refractivity contribution in [3.05, 3.63) is 60.2 Å². The lowest BCUT2D eigenvalue weighted by molar-refractivity contribution is -0.148. The first-order valence-corrected chi connectivity index (χ1v) is 10.6. The molecule has 1 aliphatic rings. The highest BCUT2D eigenvalue weighted by atomic mass is 16.5. The normalized spacial score (nSPS) is 15.4. The lowest BCUT2D eigenvalue weighted by Gasteiger charge is -2.41. The van der Waals surface area contributed by atoms with E-state index in [0.717, 1.165) is 11.1 Å². The number of esters is 1. The molecular weight excluding hydrogens is 406 g/mol. The summed E-state index contributed by atoms with van der Waals surface area (Å²) in [5.41, 5.74) is 8.44. The Balaban J connectivity index is 1.54. The third-order valence-corrected chi connectivity index (χ3v) is 6.20. The first-order chi connectivity index (χ1) is 15.4. The number of carbonyl (C=O) groups is 1. The van der Waals surface area contributed by atoms with Gasteiger partial charge in [0.15, 0.2) is 11.6 Å². The zero-order valence-electron chi connectivity index (χ0n) is 18.7. The van der Waals surface area contributed by atoms with Crippen LogP contribution in [0, 0.1) is 0 Å². The molecule has 3 aromatic rings. The van der Waals surface area contributed by atoms with E-state index >= 15 is 0 Å². The molecule has 0 bridgehead atoms.